The molecular formula is C26H34ClN3. The Hall–Kier alpha value is -2.00. The Bertz CT molecular complexity index is 956. The van der Waals surface area contributed by atoms with Crippen molar-refractivity contribution in [1.82, 2.24) is 14.8 Å². The first kappa shape index (κ1) is 21.2. The molecule has 1 fully saturated rings. The van der Waals surface area contributed by atoms with Gasteiger partial charge in [0.15, 0.2) is 0 Å². The zero-order valence-electron chi connectivity index (χ0n) is 18.5. The standard InChI is InChI=1S/C26H34ClN3/c1-5-6-7-19(3)29-12-14-30(15-13-29)20(4)21-9-11-23-25(17-21)28-24-16-18(2)8-10-22(24)26(23)27/h9,11,17-18H,3-8,10,12-16H2,1-2H3. The van der Waals surface area contributed by atoms with Crippen molar-refractivity contribution in [3.63, 3.8) is 0 Å². The fourth-order valence-electron chi connectivity index (χ4n) is 4.75. The molecule has 4 heteroatoms. The molecule has 1 saturated heterocycles. The molecule has 30 heavy (non-hydrogen) atoms. The van der Waals surface area contributed by atoms with Gasteiger partial charge in [0.2, 0.25) is 0 Å². The number of aromatic nitrogens is 1. The zero-order chi connectivity index (χ0) is 21.3. The second-order valence-electron chi connectivity index (χ2n) is 9.02. The summed E-state index contributed by atoms with van der Waals surface area (Å²) >= 11 is 6.78. The van der Waals surface area contributed by atoms with Crippen molar-refractivity contribution in [2.24, 2.45) is 5.92 Å². The van der Waals surface area contributed by atoms with E-state index in [-0.39, 0.29) is 0 Å². The monoisotopic (exact) mass is 423 g/mol. The number of unbranched alkanes of at least 4 members (excludes halogenated alkanes) is 1. The number of piperazine rings is 1. The molecule has 1 aliphatic heterocycles. The van der Waals surface area contributed by atoms with Gasteiger partial charge >= 0.3 is 0 Å². The lowest BCUT2D eigenvalue weighted by atomic mass is 9.87. The van der Waals surface area contributed by atoms with Crippen LogP contribution < -0.4 is 0 Å². The summed E-state index contributed by atoms with van der Waals surface area (Å²) in [6.45, 7) is 17.3. The summed E-state index contributed by atoms with van der Waals surface area (Å²) in [7, 11) is 0. The predicted octanol–water partition coefficient (Wildman–Crippen LogP) is 6.31. The maximum Gasteiger partial charge on any atom is 0.0727 e. The molecule has 1 aliphatic carbocycles. The van der Waals surface area contributed by atoms with E-state index in [0.29, 0.717) is 5.92 Å². The van der Waals surface area contributed by atoms with Gasteiger partial charge in [-0.1, -0.05) is 57.2 Å². The fourth-order valence-corrected chi connectivity index (χ4v) is 5.11. The third-order valence-corrected chi connectivity index (χ3v) is 7.22. The van der Waals surface area contributed by atoms with E-state index in [1.165, 1.54) is 36.2 Å². The SMILES string of the molecule is C=C(CCCC)N1CCN(C(=C)c2ccc3c(Cl)c4c(nc3c2)CC(C)CC4)CC1. The third-order valence-electron chi connectivity index (χ3n) is 6.79. The number of fused-ring (bicyclic) bond motifs is 2. The first-order valence-electron chi connectivity index (χ1n) is 11.5. The van der Waals surface area contributed by atoms with E-state index in [2.05, 4.69) is 55.0 Å². The van der Waals surface area contributed by atoms with E-state index in [9.17, 15) is 0 Å². The molecule has 0 N–H and O–H groups in total. The Morgan fingerprint density at radius 1 is 1.17 bits per heavy atom. The summed E-state index contributed by atoms with van der Waals surface area (Å²) in [5.41, 5.74) is 6.96. The van der Waals surface area contributed by atoms with Gasteiger partial charge in [0.1, 0.15) is 0 Å². The molecule has 3 nitrogen and oxygen atoms in total. The third kappa shape index (κ3) is 4.23. The molecule has 0 saturated carbocycles. The number of hydrogen-bond acceptors (Lipinski definition) is 3. The van der Waals surface area contributed by atoms with Crippen LogP contribution in [0.5, 0.6) is 0 Å². The Morgan fingerprint density at radius 3 is 2.63 bits per heavy atom. The Kier molecular flexibility index (Phi) is 6.38. The van der Waals surface area contributed by atoms with Crippen molar-refractivity contribution >= 4 is 28.2 Å². The summed E-state index contributed by atoms with van der Waals surface area (Å²) in [4.78, 5) is 9.85. The van der Waals surface area contributed by atoms with Gasteiger partial charge in [-0.25, -0.2) is 0 Å². The highest BCUT2D eigenvalue weighted by Gasteiger charge is 2.22. The highest BCUT2D eigenvalue weighted by Crippen LogP contribution is 2.35. The van der Waals surface area contributed by atoms with Gasteiger partial charge in [-0.3, -0.25) is 4.98 Å². The number of allylic oxidation sites excluding steroid dienone is 1. The maximum atomic E-state index is 6.78. The lowest BCUT2D eigenvalue weighted by molar-refractivity contribution is 0.209. The summed E-state index contributed by atoms with van der Waals surface area (Å²) in [5, 5.41) is 1.97. The average Bonchev–Trinajstić information content (AvgIpc) is 2.76. The van der Waals surface area contributed by atoms with E-state index < -0.39 is 0 Å². The van der Waals surface area contributed by atoms with Crippen molar-refractivity contribution in [3.8, 4) is 0 Å². The van der Waals surface area contributed by atoms with Crippen LogP contribution in [0.2, 0.25) is 5.02 Å². The zero-order valence-corrected chi connectivity index (χ0v) is 19.3. The first-order chi connectivity index (χ1) is 14.5. The number of hydrogen-bond donors (Lipinski definition) is 0. The van der Waals surface area contributed by atoms with Crippen molar-refractivity contribution < 1.29 is 0 Å². The minimum atomic E-state index is 0.681. The summed E-state index contributed by atoms with van der Waals surface area (Å²) in [6, 6.07) is 6.46. The van der Waals surface area contributed by atoms with Gasteiger partial charge in [-0.2, -0.15) is 0 Å². The van der Waals surface area contributed by atoms with E-state index in [1.54, 1.807) is 0 Å². The smallest absolute Gasteiger partial charge is 0.0727 e. The number of pyridine rings is 1. The van der Waals surface area contributed by atoms with Gasteiger partial charge in [-0.05, 0) is 55.2 Å². The molecule has 2 heterocycles. The van der Waals surface area contributed by atoms with Crippen LogP contribution in [0, 0.1) is 5.92 Å². The van der Waals surface area contributed by atoms with Crippen LogP contribution in [0.4, 0.5) is 0 Å². The normalized spacial score (nSPS) is 19.1. The minimum Gasteiger partial charge on any atom is -0.372 e. The number of halogens is 1. The van der Waals surface area contributed by atoms with Crippen LogP contribution in [-0.4, -0.2) is 41.0 Å². The molecule has 0 spiro atoms. The highest BCUT2D eigenvalue weighted by molar-refractivity contribution is 6.36. The molecule has 0 bridgehead atoms. The van der Waals surface area contributed by atoms with Crippen LogP contribution in [0.1, 0.15) is 56.4 Å². The second kappa shape index (κ2) is 9.01. The van der Waals surface area contributed by atoms with Crippen molar-refractivity contribution in [1.29, 1.82) is 0 Å². The largest absolute Gasteiger partial charge is 0.372 e. The van der Waals surface area contributed by atoms with Gasteiger partial charge in [0, 0.05) is 48.7 Å². The molecule has 0 amide bonds. The van der Waals surface area contributed by atoms with Gasteiger partial charge in [0.25, 0.3) is 0 Å². The number of nitrogens with zero attached hydrogens (tertiary/aromatic N) is 3. The van der Waals surface area contributed by atoms with Gasteiger partial charge in [-0.15, -0.1) is 0 Å². The molecule has 2 aromatic rings. The van der Waals surface area contributed by atoms with E-state index in [4.69, 9.17) is 16.6 Å². The summed E-state index contributed by atoms with van der Waals surface area (Å²) in [5.74, 6) is 0.681. The molecule has 0 radical (unpaired) electrons. The van der Waals surface area contributed by atoms with E-state index in [1.807, 2.05) is 0 Å². The molecule has 1 aromatic carbocycles. The average molecular weight is 424 g/mol. The van der Waals surface area contributed by atoms with Crippen LogP contribution in [0.3, 0.4) is 0 Å². The topological polar surface area (TPSA) is 19.4 Å². The summed E-state index contributed by atoms with van der Waals surface area (Å²) in [6.07, 6.45) is 6.82. The minimum absolute atomic E-state index is 0.681. The van der Waals surface area contributed by atoms with Gasteiger partial charge in [0.05, 0.1) is 10.5 Å². The van der Waals surface area contributed by atoms with Gasteiger partial charge < -0.3 is 9.80 Å². The predicted molar refractivity (Wildman–Crippen MR) is 129 cm³/mol. The summed E-state index contributed by atoms with van der Waals surface area (Å²) < 4.78 is 0. The number of benzene rings is 1. The molecule has 160 valence electrons. The van der Waals surface area contributed by atoms with Crippen LogP contribution in [-0.2, 0) is 12.8 Å². The highest BCUT2D eigenvalue weighted by atomic mass is 35.5. The quantitative estimate of drug-likeness (QED) is 0.543. The van der Waals surface area contributed by atoms with Crippen LogP contribution in [0.15, 0.2) is 37.1 Å². The molecule has 1 aromatic heterocycles. The molecule has 1 atom stereocenters. The fraction of sp³-hybridized carbons (Fsp3) is 0.500. The maximum absolute atomic E-state index is 6.78. The van der Waals surface area contributed by atoms with Crippen molar-refractivity contribution in [3.05, 3.63) is 58.9 Å². The van der Waals surface area contributed by atoms with E-state index in [0.717, 1.165) is 72.6 Å². The van der Waals surface area contributed by atoms with Crippen molar-refractivity contribution in [2.45, 2.75) is 52.4 Å². The van der Waals surface area contributed by atoms with Crippen LogP contribution in [0.25, 0.3) is 16.6 Å². The number of rotatable bonds is 6. The lowest BCUT2D eigenvalue weighted by Gasteiger charge is -2.39. The van der Waals surface area contributed by atoms with Crippen molar-refractivity contribution in [2.75, 3.05) is 26.2 Å². The first-order valence-corrected chi connectivity index (χ1v) is 11.8. The Morgan fingerprint density at radius 2 is 1.90 bits per heavy atom. The van der Waals surface area contributed by atoms with E-state index >= 15 is 0 Å². The second-order valence-corrected chi connectivity index (χ2v) is 9.40. The van der Waals surface area contributed by atoms with Crippen LogP contribution >= 0.6 is 11.6 Å². The molecule has 4 rings (SSSR count). The molecule has 1 unspecified atom stereocenters. The Balaban J connectivity index is 1.50. The Labute approximate surface area is 186 Å². The molecule has 2 aliphatic rings. The lowest BCUT2D eigenvalue weighted by Crippen LogP contribution is -2.44. The molecular weight excluding hydrogens is 390 g/mol.